The van der Waals surface area contributed by atoms with Crippen molar-refractivity contribution in [1.29, 1.82) is 0 Å². The van der Waals surface area contributed by atoms with Gasteiger partial charge >= 0.3 is 25.7 Å². The summed E-state index contributed by atoms with van der Waals surface area (Å²) in [7, 11) is -4.78. The molecule has 0 aromatic rings. The lowest BCUT2D eigenvalue weighted by Crippen LogP contribution is -2.34. The van der Waals surface area contributed by atoms with Crippen molar-refractivity contribution >= 4 is 31.5 Å². The molecule has 0 heterocycles. The van der Waals surface area contributed by atoms with E-state index >= 15 is 0 Å². The summed E-state index contributed by atoms with van der Waals surface area (Å²) < 4.78 is 32.6. The maximum atomic E-state index is 12.7. The number of phosphoric ester groups is 1. The number of carbonyl (C=O) groups excluding carboxylic acids is 3. The Morgan fingerprint density at radius 3 is 2.10 bits per heavy atom. The number of carboxylic acids is 1. The van der Waals surface area contributed by atoms with Crippen molar-refractivity contribution in [3.8, 4) is 0 Å². The standard InChI is InChI=1S/C44H72NO12P/c1-3-5-7-8-9-10-11-12-13-14-15-16-17-18-23-27-42(48)54-33-38(34-55-58(52,53)56-35-40(45)44(50)51)57-43(49)28-24-20-19-22-25-36-29-32-41(47)39(36)31-30-37(46)26-21-6-4-2/h9-10,12-13,19,22,29-32,36-40,46H,3-8,11,14-18,20-21,23-28,33-35,45H2,1-2H3,(H,50,51)(H,52,53)/b10-9-,13-12-,22-19-,31-30+/t36-,37-,38+,39+,40-/m0/s1. The number of aliphatic hydroxyl groups is 1. The predicted octanol–water partition coefficient (Wildman–Crippen LogP) is 8.79. The van der Waals surface area contributed by atoms with Crippen LogP contribution in [0.25, 0.3) is 0 Å². The van der Waals surface area contributed by atoms with Gasteiger partial charge in [0.1, 0.15) is 12.6 Å². The van der Waals surface area contributed by atoms with Crippen molar-refractivity contribution in [2.75, 3.05) is 19.8 Å². The maximum Gasteiger partial charge on any atom is 0.472 e. The van der Waals surface area contributed by atoms with Gasteiger partial charge < -0.3 is 30.3 Å². The van der Waals surface area contributed by atoms with E-state index in [4.69, 9.17) is 24.8 Å². The Morgan fingerprint density at radius 2 is 1.40 bits per heavy atom. The number of carbonyl (C=O) groups is 4. The van der Waals surface area contributed by atoms with E-state index in [1.807, 2.05) is 18.2 Å². The van der Waals surface area contributed by atoms with Crippen LogP contribution in [-0.4, -0.2) is 76.9 Å². The third-order valence-electron chi connectivity index (χ3n) is 9.49. The monoisotopic (exact) mass is 837 g/mol. The van der Waals surface area contributed by atoms with Crippen LogP contribution in [0.3, 0.4) is 0 Å². The summed E-state index contributed by atoms with van der Waals surface area (Å²) in [4.78, 5) is 58.5. The molecule has 330 valence electrons. The number of aliphatic hydroxyl groups excluding tert-OH is 1. The lowest BCUT2D eigenvalue weighted by Gasteiger charge is -2.20. The molecule has 0 radical (unpaired) electrons. The Hall–Kier alpha value is -3.19. The van der Waals surface area contributed by atoms with E-state index in [1.54, 1.807) is 18.2 Å². The second kappa shape index (κ2) is 33.6. The van der Waals surface area contributed by atoms with Gasteiger partial charge in [0.2, 0.25) is 0 Å². The van der Waals surface area contributed by atoms with Crippen molar-refractivity contribution in [2.24, 2.45) is 17.6 Å². The Balaban J connectivity index is 2.50. The number of ether oxygens (including phenoxy) is 2. The van der Waals surface area contributed by atoms with E-state index in [0.717, 1.165) is 64.2 Å². The number of phosphoric acid groups is 1. The Kier molecular flexibility index (Phi) is 30.6. The number of allylic oxidation sites excluding steroid dienone is 9. The van der Waals surface area contributed by atoms with Gasteiger partial charge in [0.15, 0.2) is 11.9 Å². The number of esters is 2. The molecule has 1 unspecified atom stereocenters. The molecule has 0 amide bonds. The lowest BCUT2D eigenvalue weighted by atomic mass is 9.90. The minimum absolute atomic E-state index is 0.00457. The molecule has 13 nitrogen and oxygen atoms in total. The Bertz CT molecular complexity index is 1360. The fourth-order valence-corrected chi connectivity index (χ4v) is 6.74. The molecule has 0 saturated carbocycles. The van der Waals surface area contributed by atoms with Crippen LogP contribution in [0.4, 0.5) is 0 Å². The summed E-state index contributed by atoms with van der Waals surface area (Å²) in [6.45, 7) is 2.44. The van der Waals surface area contributed by atoms with Crippen LogP contribution in [0.15, 0.2) is 60.8 Å². The fraction of sp³-hybridized carbons (Fsp3) is 0.682. The highest BCUT2D eigenvalue weighted by atomic mass is 31.2. The second-order valence-electron chi connectivity index (χ2n) is 14.8. The highest BCUT2D eigenvalue weighted by Gasteiger charge is 2.29. The largest absolute Gasteiger partial charge is 0.480 e. The zero-order valence-electron chi connectivity index (χ0n) is 35.0. The van der Waals surface area contributed by atoms with E-state index in [1.165, 1.54) is 19.3 Å². The van der Waals surface area contributed by atoms with Crippen LogP contribution in [0.5, 0.6) is 0 Å². The van der Waals surface area contributed by atoms with Crippen LogP contribution in [0.2, 0.25) is 0 Å². The van der Waals surface area contributed by atoms with Crippen LogP contribution in [-0.2, 0) is 42.3 Å². The topological polar surface area (TPSA) is 209 Å². The van der Waals surface area contributed by atoms with Gasteiger partial charge in [0.25, 0.3) is 0 Å². The molecule has 6 atom stereocenters. The first-order chi connectivity index (χ1) is 27.9. The quantitative estimate of drug-likeness (QED) is 0.0202. The van der Waals surface area contributed by atoms with Gasteiger partial charge in [-0.15, -0.1) is 0 Å². The highest BCUT2D eigenvalue weighted by molar-refractivity contribution is 7.47. The molecule has 58 heavy (non-hydrogen) atoms. The maximum absolute atomic E-state index is 12.7. The van der Waals surface area contributed by atoms with Crippen LogP contribution in [0, 0.1) is 11.8 Å². The molecule has 0 aromatic heterocycles. The molecule has 0 fully saturated rings. The van der Waals surface area contributed by atoms with Gasteiger partial charge in [0, 0.05) is 18.8 Å². The molecular formula is C44H72NO12P. The number of hydrogen-bond acceptors (Lipinski definition) is 11. The Labute approximate surface area is 346 Å². The third kappa shape index (κ3) is 28.3. The van der Waals surface area contributed by atoms with Crippen LogP contribution in [0.1, 0.15) is 142 Å². The highest BCUT2D eigenvalue weighted by Crippen LogP contribution is 2.43. The van der Waals surface area contributed by atoms with E-state index in [9.17, 15) is 33.7 Å². The van der Waals surface area contributed by atoms with E-state index in [2.05, 4.69) is 42.7 Å². The molecule has 0 aromatic carbocycles. The zero-order chi connectivity index (χ0) is 42.9. The normalized spacial score (nSPS) is 18.4. The van der Waals surface area contributed by atoms with E-state index in [-0.39, 0.29) is 30.5 Å². The molecule has 0 bridgehead atoms. The fourth-order valence-electron chi connectivity index (χ4n) is 5.97. The minimum atomic E-state index is -4.78. The predicted molar refractivity (Wildman–Crippen MR) is 226 cm³/mol. The molecule has 0 saturated heterocycles. The molecule has 1 aliphatic rings. The molecule has 0 aliphatic heterocycles. The number of nitrogens with two attached hydrogens (primary N) is 1. The average Bonchev–Trinajstić information content (AvgIpc) is 3.55. The summed E-state index contributed by atoms with van der Waals surface area (Å²) in [5, 5.41) is 19.1. The summed E-state index contributed by atoms with van der Waals surface area (Å²) in [5.41, 5.74) is 5.32. The second-order valence-corrected chi connectivity index (χ2v) is 16.2. The van der Waals surface area contributed by atoms with Crippen molar-refractivity contribution in [2.45, 2.75) is 161 Å². The summed E-state index contributed by atoms with van der Waals surface area (Å²) in [6.07, 6.45) is 34.9. The molecular weight excluding hydrogens is 765 g/mol. The SMILES string of the molecule is CCCCC/C=C\C/C=C\CCCCCCCC(=O)OC[C@H](COP(=O)(O)OC[C@H](N)C(=O)O)OC(=O)CCC/C=C\C[C@H]1C=CC(=O)[C@@H]1/C=C/[C@@H](O)CCCCC. The van der Waals surface area contributed by atoms with Gasteiger partial charge in [-0.3, -0.25) is 28.2 Å². The molecule has 1 rings (SSSR count). The number of hydrogen-bond donors (Lipinski definition) is 4. The third-order valence-corrected chi connectivity index (χ3v) is 10.4. The van der Waals surface area contributed by atoms with Gasteiger partial charge in [-0.05, 0) is 76.2 Å². The van der Waals surface area contributed by atoms with Crippen molar-refractivity contribution in [1.82, 2.24) is 0 Å². The van der Waals surface area contributed by atoms with E-state index in [0.29, 0.717) is 32.1 Å². The first-order valence-corrected chi connectivity index (χ1v) is 22.9. The van der Waals surface area contributed by atoms with Crippen LogP contribution < -0.4 is 5.73 Å². The van der Waals surface area contributed by atoms with Gasteiger partial charge in [-0.25, -0.2) is 4.57 Å². The average molecular weight is 838 g/mol. The summed E-state index contributed by atoms with van der Waals surface area (Å²) in [6, 6.07) is -1.56. The first-order valence-electron chi connectivity index (χ1n) is 21.4. The Morgan fingerprint density at radius 1 is 0.793 bits per heavy atom. The smallest absolute Gasteiger partial charge is 0.472 e. The number of carboxylic acid groups (broad SMARTS) is 1. The number of unbranched alkanes of at least 4 members (excludes halogenated alkanes) is 11. The molecule has 1 aliphatic carbocycles. The van der Waals surface area contributed by atoms with Gasteiger partial charge in [-0.1, -0.05) is 120 Å². The first kappa shape index (κ1) is 52.8. The van der Waals surface area contributed by atoms with Crippen molar-refractivity contribution in [3.05, 3.63) is 60.8 Å². The number of rotatable bonds is 36. The van der Waals surface area contributed by atoms with Crippen molar-refractivity contribution in [3.63, 3.8) is 0 Å². The molecule has 0 spiro atoms. The number of ketones is 1. The van der Waals surface area contributed by atoms with Gasteiger partial charge in [0.05, 0.1) is 19.3 Å². The van der Waals surface area contributed by atoms with Crippen molar-refractivity contribution < 1.29 is 57.4 Å². The van der Waals surface area contributed by atoms with Gasteiger partial charge in [-0.2, -0.15) is 0 Å². The number of aliphatic carboxylic acids is 1. The minimum Gasteiger partial charge on any atom is -0.480 e. The summed E-state index contributed by atoms with van der Waals surface area (Å²) >= 11 is 0. The van der Waals surface area contributed by atoms with E-state index < -0.39 is 63.8 Å². The molecule has 14 heteroatoms. The summed E-state index contributed by atoms with van der Waals surface area (Å²) in [5.74, 6) is -2.90. The zero-order valence-corrected chi connectivity index (χ0v) is 35.9. The lowest BCUT2D eigenvalue weighted by molar-refractivity contribution is -0.161. The molecule has 5 N–H and O–H groups in total. The van der Waals surface area contributed by atoms with Crippen LogP contribution >= 0.6 is 7.82 Å².